The number of nitrogens with zero attached hydrogens (tertiary/aromatic N) is 11. The molecule has 8 aliphatic rings. The lowest BCUT2D eigenvalue weighted by atomic mass is 9.71. The van der Waals surface area contributed by atoms with Crippen molar-refractivity contribution in [3.8, 4) is 24.3 Å². The van der Waals surface area contributed by atoms with Crippen molar-refractivity contribution in [3.05, 3.63) is 123 Å². The van der Waals surface area contributed by atoms with E-state index in [9.17, 15) is 45.0 Å². The van der Waals surface area contributed by atoms with Crippen LogP contribution in [0.4, 0.5) is 14.4 Å². The van der Waals surface area contributed by atoms with E-state index < -0.39 is 38.3 Å². The van der Waals surface area contributed by atoms with Crippen molar-refractivity contribution in [1.82, 2.24) is 50.6 Å². The Morgan fingerprint density at radius 3 is 1.20 bits per heavy atom. The number of hydrogen-bond donors (Lipinski definition) is 4. The average Bonchev–Trinajstić information content (AvgIpc) is 1.14. The number of carbonyl (C=O) groups excluding carboxylic acids is 5. The lowest BCUT2D eigenvalue weighted by Crippen LogP contribution is -2.44. The van der Waals surface area contributed by atoms with Crippen LogP contribution in [0.15, 0.2) is 73.3 Å². The number of nitriles is 4. The van der Waals surface area contributed by atoms with E-state index >= 15 is 0 Å². The monoisotopic (exact) mass is 1610 g/mol. The molecule has 4 atom stereocenters. The number of amides is 2. The number of alkyl carbamates (subject to hydrolysis) is 2. The van der Waals surface area contributed by atoms with Crippen LogP contribution in [-0.4, -0.2) is 177 Å². The number of Topliss-reactive ketones (excluding diaryl/α,β-unsaturated/α-hetero) is 1. The number of nitrogens with one attached hydrogen (secondary N) is 3. The summed E-state index contributed by atoms with van der Waals surface area (Å²) in [5, 5.41) is 50.2. The molecule has 0 radical (unpaired) electrons. The second-order valence-corrected chi connectivity index (χ2v) is 33.5. The second-order valence-electron chi connectivity index (χ2n) is 31.4. The van der Waals surface area contributed by atoms with E-state index in [1.807, 2.05) is 51.1 Å². The molecule has 0 unspecified atom stereocenters. The molecule has 8 fully saturated rings. The number of halogens is 5. The molecule has 0 bridgehead atoms. The maximum Gasteiger partial charge on any atom is 0.407 e. The Balaban J connectivity index is 0.000000191. The maximum atomic E-state index is 12.0. The van der Waals surface area contributed by atoms with Gasteiger partial charge in [0.05, 0.1) is 96.6 Å². The van der Waals surface area contributed by atoms with Crippen molar-refractivity contribution >= 4 is 87.4 Å². The molecule has 4 aromatic rings. The van der Waals surface area contributed by atoms with E-state index in [2.05, 4.69) is 86.5 Å². The van der Waals surface area contributed by atoms with Gasteiger partial charge in [0, 0.05) is 145 Å². The van der Waals surface area contributed by atoms with Gasteiger partial charge in [0.1, 0.15) is 23.7 Å². The van der Waals surface area contributed by atoms with Gasteiger partial charge >= 0.3 is 23.6 Å². The lowest BCUT2D eigenvalue weighted by Gasteiger charge is -2.38. The highest BCUT2D eigenvalue weighted by Gasteiger charge is 2.45. The smallest absolute Gasteiger partial charge is 0.407 e. The van der Waals surface area contributed by atoms with Gasteiger partial charge in [-0.3, -0.25) is 44.2 Å². The first kappa shape index (κ1) is 90.0. The minimum atomic E-state index is -0.738. The molecule has 12 rings (SSSR count). The zero-order chi connectivity index (χ0) is 80.3. The Bertz CT molecular complexity index is 3760. The Kier molecular flexibility index (Phi) is 34.9. The minimum Gasteiger partial charge on any atom is -0.454 e. The van der Waals surface area contributed by atoms with E-state index in [4.69, 9.17) is 77.9 Å². The summed E-state index contributed by atoms with van der Waals surface area (Å²) in [6.07, 6.45) is 23.2. The Morgan fingerprint density at radius 2 is 0.909 bits per heavy atom. The predicted octanol–water partition coefficient (Wildman–Crippen LogP) is 14.9. The van der Waals surface area contributed by atoms with Gasteiger partial charge in [-0.15, -0.1) is 0 Å². The molecule has 8 heterocycles. The summed E-state index contributed by atoms with van der Waals surface area (Å²) in [7, 11) is 0. The van der Waals surface area contributed by atoms with E-state index in [-0.39, 0.29) is 36.0 Å². The molecule has 4 aliphatic carbocycles. The molecule has 110 heavy (non-hydrogen) atoms. The number of carbonyl (C=O) groups is 5. The van der Waals surface area contributed by atoms with E-state index in [0.717, 1.165) is 178 Å². The fourth-order valence-corrected chi connectivity index (χ4v) is 16.3. The molecule has 4 saturated carbocycles. The molecule has 5 N–H and O–H groups in total. The number of aromatic nitrogens is 4. The molecule has 24 nitrogen and oxygen atoms in total. The lowest BCUT2D eigenvalue weighted by molar-refractivity contribution is -0.153. The standard InChI is InChI=1S/C21H29ClN4O2.C19H25ClN4O2.C16H21ClN4.C12H11ClN2O.C10H18NO2.C3H5ClO2/c1-20(2,3)28-19(27)25-16-8-11-26(13-16)17-6-9-21(14-23,10-7-17)18-5-4-15(22)12-24-18;1-2-26-18(25)23-15-7-10-24(12-15)16-5-8-19(13-21,9-6-16)17-4-3-14(20)11-22-17;17-12-1-2-15(20-9-12)16(11-18)6-3-14(4-7-16)21-8-5-13(19)10-21;13-9-1-2-11(15-7-9)12(8-14)5-3-10(16)4-6-12;1-10(2,3)13-9(12)6-8-4-5-11-7-8;1-2-6-3(4)5/h4-5,12,16-17H,6-11,13H2,1-3H3,(H,25,27);3-4,11,15-16H,2,5-10,12H2,1H3,(H,23,25);1-2,9,13-14H,3-8,10,19H2;1-2,7H,3-6H2;8,11H,1,4-7H2,2-3H3;2H2,1H3/q;;;;+1;/t16-,17?,21?;15-,16?,19?;13-,14?,16?;;8-;/m000.1./s1. The van der Waals surface area contributed by atoms with Crippen LogP contribution in [0.3, 0.4) is 0 Å². The van der Waals surface area contributed by atoms with Crippen LogP contribution in [0.1, 0.15) is 206 Å². The van der Waals surface area contributed by atoms with Crippen LogP contribution in [0.25, 0.3) is 0 Å². The summed E-state index contributed by atoms with van der Waals surface area (Å²) in [5.74, 6) is 0.559. The summed E-state index contributed by atoms with van der Waals surface area (Å²) >= 11 is 28.2. The highest BCUT2D eigenvalue weighted by Crippen LogP contribution is 2.44. The number of nitrogens with two attached hydrogens (primary N) is 1. The van der Waals surface area contributed by atoms with Crippen LogP contribution in [-0.2, 0) is 50.2 Å². The van der Waals surface area contributed by atoms with Gasteiger partial charge in [-0.05, 0) is 218 Å². The van der Waals surface area contributed by atoms with E-state index in [1.165, 1.54) is 0 Å². The average molecular weight is 1610 g/mol. The van der Waals surface area contributed by atoms with Gasteiger partial charge in [-0.25, -0.2) is 14.4 Å². The van der Waals surface area contributed by atoms with Gasteiger partial charge in [0.25, 0.3) is 0 Å². The van der Waals surface area contributed by atoms with Crippen molar-refractivity contribution in [1.29, 1.82) is 21.0 Å². The minimum absolute atomic E-state index is 0.121. The largest absolute Gasteiger partial charge is 0.454 e. The van der Waals surface area contributed by atoms with Gasteiger partial charge < -0.3 is 40.6 Å². The topological polar surface area (TPSA) is 341 Å². The molecule has 596 valence electrons. The Labute approximate surface area is 674 Å². The van der Waals surface area contributed by atoms with Crippen LogP contribution in [0.5, 0.6) is 0 Å². The zero-order valence-electron chi connectivity index (χ0n) is 64.7. The third kappa shape index (κ3) is 27.6. The molecule has 2 amide bonds. The number of hydrogen-bond acceptors (Lipinski definition) is 22. The fraction of sp³-hybridized carbons (Fsp3) is 0.630. The molecule has 0 aromatic carbocycles. The van der Waals surface area contributed by atoms with Crippen LogP contribution >= 0.6 is 58.0 Å². The molecule has 0 spiro atoms. The number of rotatable bonds is 14. The van der Waals surface area contributed by atoms with Gasteiger partial charge in [0.15, 0.2) is 0 Å². The highest BCUT2D eigenvalue weighted by molar-refractivity contribution is 6.61. The normalized spacial score (nSPS) is 26.5. The number of esters is 1. The number of likely N-dealkylation sites (tertiary alicyclic amines) is 3. The summed E-state index contributed by atoms with van der Waals surface area (Å²) in [4.78, 5) is 80.5. The SMILES string of the molecule is CC(C)(C)OC(=O)N[C@H]1CCN(C2CCC(C#N)(c3ccc(Cl)cn3)CC2)C1.CCOC(=O)Cl.CCOC(=O)N[C@H]1CCN(C2CCC(C#N)(c3ccc(Cl)cn3)CC2)C1.N#CC1(c2ccc(Cl)cn2)CCC(=O)CC1.N#CC1(c2ccc(Cl)cn2)CCC(N2CC[C@H](N)C2)CC1.[CH2+]C(C)(C)OC(=O)C[C@H]1CCNC1. The van der Waals surface area contributed by atoms with E-state index in [0.29, 0.717) is 95.5 Å². The molecule has 4 saturated heterocycles. The Morgan fingerprint density at radius 1 is 0.545 bits per heavy atom. The first-order valence-corrected chi connectivity index (χ1v) is 40.3. The third-order valence-electron chi connectivity index (χ3n) is 21.6. The number of pyridine rings is 4. The van der Waals surface area contributed by atoms with Gasteiger partial charge in [-0.2, -0.15) is 21.0 Å². The molecule has 29 heteroatoms. The number of ether oxygens (including phenoxy) is 4. The molecular formula is C81H109Cl5N15O9+. The quantitative estimate of drug-likeness (QED) is 0.0394. The first-order chi connectivity index (χ1) is 52.3. The van der Waals surface area contributed by atoms with Crippen molar-refractivity contribution < 1.29 is 42.9 Å². The van der Waals surface area contributed by atoms with Gasteiger partial charge in [-0.1, -0.05) is 46.4 Å². The van der Waals surface area contributed by atoms with Crippen molar-refractivity contribution in [2.24, 2.45) is 11.7 Å². The van der Waals surface area contributed by atoms with Crippen LogP contribution in [0, 0.1) is 58.2 Å². The Hall–Kier alpha value is -7.17. The van der Waals surface area contributed by atoms with Crippen molar-refractivity contribution in [3.63, 3.8) is 0 Å². The molecule has 4 aliphatic heterocycles. The summed E-state index contributed by atoms with van der Waals surface area (Å²) in [6.45, 7) is 24.8. The third-order valence-corrected chi connectivity index (χ3v) is 22.6. The van der Waals surface area contributed by atoms with Crippen LogP contribution in [0.2, 0.25) is 20.1 Å². The van der Waals surface area contributed by atoms with E-state index in [1.54, 1.807) is 70.7 Å². The summed E-state index contributed by atoms with van der Waals surface area (Å²) < 4.78 is 19.6. The fourth-order valence-electron chi connectivity index (χ4n) is 15.7. The molecule has 4 aromatic heterocycles. The second kappa shape index (κ2) is 42.6. The maximum absolute atomic E-state index is 12.0. The van der Waals surface area contributed by atoms with Gasteiger partial charge in [0.2, 0.25) is 5.60 Å². The number of ketones is 1. The molecular weight excluding hydrogens is 1500 g/mol. The zero-order valence-corrected chi connectivity index (χ0v) is 68.4. The predicted molar refractivity (Wildman–Crippen MR) is 424 cm³/mol. The summed E-state index contributed by atoms with van der Waals surface area (Å²) in [5.41, 5.74) is 5.36. The summed E-state index contributed by atoms with van der Waals surface area (Å²) in [6, 6.07) is 26.6. The van der Waals surface area contributed by atoms with Crippen molar-refractivity contribution in [2.45, 2.75) is 252 Å². The van der Waals surface area contributed by atoms with Crippen LogP contribution < -0.4 is 21.7 Å². The first-order valence-electron chi connectivity index (χ1n) is 38.5. The van der Waals surface area contributed by atoms with Crippen molar-refractivity contribution in [2.75, 3.05) is 65.6 Å². The highest BCUT2D eigenvalue weighted by atomic mass is 35.5.